The van der Waals surface area contributed by atoms with Crippen LogP contribution in [0.25, 0.3) is 0 Å². The Bertz CT molecular complexity index is 510. The lowest BCUT2D eigenvalue weighted by molar-refractivity contribution is 0.0322. The third-order valence-corrected chi connectivity index (χ3v) is 4.17. The minimum Gasteiger partial charge on any atom is -0.492 e. The van der Waals surface area contributed by atoms with Gasteiger partial charge in [-0.1, -0.05) is 17.3 Å². The fourth-order valence-corrected chi connectivity index (χ4v) is 3.01. The van der Waals surface area contributed by atoms with Crippen molar-refractivity contribution in [1.29, 1.82) is 0 Å². The Hall–Kier alpha value is -1.59. The summed E-state index contributed by atoms with van der Waals surface area (Å²) in [5, 5.41) is 12.5. The predicted molar refractivity (Wildman–Crippen MR) is 80.5 cm³/mol. The molecular formula is C16H22N2O3. The van der Waals surface area contributed by atoms with E-state index in [0.717, 1.165) is 69.1 Å². The Morgan fingerprint density at radius 3 is 2.90 bits per heavy atom. The zero-order valence-electron chi connectivity index (χ0n) is 12.3. The van der Waals surface area contributed by atoms with E-state index < -0.39 is 0 Å². The molecule has 1 N–H and O–H groups in total. The Labute approximate surface area is 125 Å². The SMILES string of the molecule is ON=C1CCCc2c(OCCN3CCOCC3)cccc21. The molecule has 0 atom stereocenters. The Balaban J connectivity index is 1.63. The number of oxime groups is 1. The molecule has 1 aromatic carbocycles. The molecule has 1 aromatic rings. The van der Waals surface area contributed by atoms with Gasteiger partial charge < -0.3 is 14.7 Å². The number of fused-ring (bicyclic) bond motifs is 1. The fourth-order valence-electron chi connectivity index (χ4n) is 3.01. The summed E-state index contributed by atoms with van der Waals surface area (Å²) in [6, 6.07) is 6.00. The lowest BCUT2D eigenvalue weighted by atomic mass is 9.89. The van der Waals surface area contributed by atoms with Crippen LogP contribution in [0.2, 0.25) is 0 Å². The highest BCUT2D eigenvalue weighted by Gasteiger charge is 2.19. The first-order valence-corrected chi connectivity index (χ1v) is 7.64. The largest absolute Gasteiger partial charge is 0.492 e. The molecule has 0 bridgehead atoms. The first-order chi connectivity index (χ1) is 10.4. The average Bonchev–Trinajstić information content (AvgIpc) is 2.55. The first-order valence-electron chi connectivity index (χ1n) is 7.64. The van der Waals surface area contributed by atoms with Crippen LogP contribution in [0.15, 0.2) is 23.4 Å². The van der Waals surface area contributed by atoms with E-state index in [2.05, 4.69) is 10.1 Å². The second-order valence-electron chi connectivity index (χ2n) is 5.48. The number of nitrogens with zero attached hydrogens (tertiary/aromatic N) is 2. The highest BCUT2D eigenvalue weighted by atomic mass is 16.5. The summed E-state index contributed by atoms with van der Waals surface area (Å²) < 4.78 is 11.3. The zero-order chi connectivity index (χ0) is 14.5. The Morgan fingerprint density at radius 1 is 1.24 bits per heavy atom. The van der Waals surface area contributed by atoms with Crippen molar-refractivity contribution in [3.05, 3.63) is 29.3 Å². The molecule has 0 spiro atoms. The van der Waals surface area contributed by atoms with E-state index in [1.54, 1.807) is 0 Å². The first kappa shape index (κ1) is 14.4. The summed E-state index contributed by atoms with van der Waals surface area (Å²) in [7, 11) is 0. The van der Waals surface area contributed by atoms with Gasteiger partial charge in [0.1, 0.15) is 12.4 Å². The predicted octanol–water partition coefficient (Wildman–Crippen LogP) is 1.91. The van der Waals surface area contributed by atoms with Gasteiger partial charge in [-0.25, -0.2) is 0 Å². The van der Waals surface area contributed by atoms with Crippen LogP contribution in [0.3, 0.4) is 0 Å². The van der Waals surface area contributed by atoms with Gasteiger partial charge in [-0.3, -0.25) is 4.90 Å². The third-order valence-electron chi connectivity index (χ3n) is 4.17. The minimum absolute atomic E-state index is 0.683. The smallest absolute Gasteiger partial charge is 0.123 e. The van der Waals surface area contributed by atoms with Crippen molar-refractivity contribution in [1.82, 2.24) is 4.90 Å². The minimum atomic E-state index is 0.683. The van der Waals surface area contributed by atoms with Gasteiger partial charge in [0.15, 0.2) is 0 Å². The van der Waals surface area contributed by atoms with Gasteiger partial charge in [0.25, 0.3) is 0 Å². The van der Waals surface area contributed by atoms with Gasteiger partial charge in [-0.2, -0.15) is 0 Å². The molecule has 0 radical (unpaired) electrons. The number of benzene rings is 1. The van der Waals surface area contributed by atoms with E-state index in [1.165, 1.54) is 5.56 Å². The molecule has 1 heterocycles. The molecule has 2 aliphatic rings. The van der Waals surface area contributed by atoms with Gasteiger partial charge in [-0.05, 0) is 25.3 Å². The maximum atomic E-state index is 9.10. The molecule has 5 heteroatoms. The van der Waals surface area contributed by atoms with Gasteiger partial charge in [-0.15, -0.1) is 0 Å². The maximum absolute atomic E-state index is 9.10. The molecule has 1 aliphatic carbocycles. The highest BCUT2D eigenvalue weighted by Crippen LogP contribution is 2.29. The Kier molecular flexibility index (Phi) is 4.72. The highest BCUT2D eigenvalue weighted by molar-refractivity contribution is 6.02. The van der Waals surface area contributed by atoms with Crippen molar-refractivity contribution in [2.45, 2.75) is 19.3 Å². The molecule has 1 fully saturated rings. The van der Waals surface area contributed by atoms with E-state index >= 15 is 0 Å². The molecule has 114 valence electrons. The van der Waals surface area contributed by atoms with E-state index in [0.29, 0.717) is 6.61 Å². The number of ether oxygens (including phenoxy) is 2. The van der Waals surface area contributed by atoms with Crippen molar-refractivity contribution in [2.24, 2.45) is 5.16 Å². The molecule has 0 amide bonds. The number of morpholine rings is 1. The fraction of sp³-hybridized carbons (Fsp3) is 0.562. The van der Waals surface area contributed by atoms with Crippen molar-refractivity contribution in [2.75, 3.05) is 39.5 Å². The molecular weight excluding hydrogens is 268 g/mol. The third kappa shape index (κ3) is 3.36. The van der Waals surface area contributed by atoms with Gasteiger partial charge in [0, 0.05) is 30.8 Å². The summed E-state index contributed by atoms with van der Waals surface area (Å²) in [6.45, 7) is 5.21. The van der Waals surface area contributed by atoms with Crippen molar-refractivity contribution in [3.63, 3.8) is 0 Å². The van der Waals surface area contributed by atoms with Crippen molar-refractivity contribution >= 4 is 5.71 Å². The monoisotopic (exact) mass is 290 g/mol. The second kappa shape index (κ2) is 6.91. The van der Waals surface area contributed by atoms with Crippen LogP contribution in [0, 0.1) is 0 Å². The zero-order valence-corrected chi connectivity index (χ0v) is 12.3. The lowest BCUT2D eigenvalue weighted by Crippen LogP contribution is -2.38. The van der Waals surface area contributed by atoms with Crippen LogP contribution in [-0.4, -0.2) is 55.3 Å². The van der Waals surface area contributed by atoms with Gasteiger partial charge >= 0.3 is 0 Å². The average molecular weight is 290 g/mol. The van der Waals surface area contributed by atoms with E-state index in [9.17, 15) is 0 Å². The standard InChI is InChI=1S/C16H22N2O3/c19-17-15-5-1-4-14-13(15)3-2-6-16(14)21-12-9-18-7-10-20-11-8-18/h2-3,6,19H,1,4-5,7-12H2. The summed E-state index contributed by atoms with van der Waals surface area (Å²) >= 11 is 0. The summed E-state index contributed by atoms with van der Waals surface area (Å²) in [5.41, 5.74) is 2.99. The summed E-state index contributed by atoms with van der Waals surface area (Å²) in [5.74, 6) is 0.932. The van der Waals surface area contributed by atoms with Crippen LogP contribution in [0.4, 0.5) is 0 Å². The van der Waals surface area contributed by atoms with Crippen LogP contribution < -0.4 is 4.74 Å². The van der Waals surface area contributed by atoms with Gasteiger partial charge in [0.05, 0.1) is 18.9 Å². The molecule has 21 heavy (non-hydrogen) atoms. The van der Waals surface area contributed by atoms with Crippen molar-refractivity contribution < 1.29 is 14.7 Å². The Morgan fingerprint density at radius 2 is 2.10 bits per heavy atom. The quantitative estimate of drug-likeness (QED) is 0.680. The maximum Gasteiger partial charge on any atom is 0.123 e. The lowest BCUT2D eigenvalue weighted by Gasteiger charge is -2.27. The molecule has 0 unspecified atom stereocenters. The van der Waals surface area contributed by atoms with Crippen LogP contribution in [0.5, 0.6) is 5.75 Å². The van der Waals surface area contributed by atoms with Crippen LogP contribution in [-0.2, 0) is 11.2 Å². The summed E-state index contributed by atoms with van der Waals surface area (Å²) in [6.07, 6.45) is 2.83. The molecule has 3 rings (SSSR count). The van der Waals surface area contributed by atoms with Gasteiger partial charge in [0.2, 0.25) is 0 Å². The molecule has 0 aromatic heterocycles. The van der Waals surface area contributed by atoms with E-state index in [1.807, 2.05) is 18.2 Å². The molecule has 5 nitrogen and oxygen atoms in total. The van der Waals surface area contributed by atoms with Crippen LogP contribution in [0.1, 0.15) is 24.0 Å². The number of hydrogen-bond acceptors (Lipinski definition) is 5. The second-order valence-corrected chi connectivity index (χ2v) is 5.48. The molecule has 1 saturated heterocycles. The normalized spacial score (nSPS) is 21.2. The molecule has 1 aliphatic heterocycles. The number of rotatable bonds is 4. The van der Waals surface area contributed by atoms with E-state index in [4.69, 9.17) is 14.7 Å². The van der Waals surface area contributed by atoms with E-state index in [-0.39, 0.29) is 0 Å². The van der Waals surface area contributed by atoms with Crippen molar-refractivity contribution in [3.8, 4) is 5.75 Å². The molecule has 0 saturated carbocycles. The number of hydrogen-bond donors (Lipinski definition) is 1. The van der Waals surface area contributed by atoms with Crippen LogP contribution >= 0.6 is 0 Å². The topological polar surface area (TPSA) is 54.3 Å². The summed E-state index contributed by atoms with van der Waals surface area (Å²) in [4.78, 5) is 2.36.